The second kappa shape index (κ2) is 6.32. The van der Waals surface area contributed by atoms with Gasteiger partial charge in [0.15, 0.2) is 5.65 Å². The molecule has 0 amide bonds. The standard InChI is InChI=1S/C15H22BrN5/c1-11(2)20(9-12-5-7-17-8-6-12)15-18-14-4-3-13(16)10-21(14)19-15/h3-4,10-12,17H,5-9H2,1-2H3. The molecule has 5 nitrogen and oxygen atoms in total. The maximum atomic E-state index is 4.68. The van der Waals surface area contributed by atoms with Gasteiger partial charge in [-0.3, -0.25) is 0 Å². The van der Waals surface area contributed by atoms with Gasteiger partial charge >= 0.3 is 0 Å². The molecule has 0 atom stereocenters. The van der Waals surface area contributed by atoms with Crippen molar-refractivity contribution in [2.45, 2.75) is 32.7 Å². The molecule has 1 aliphatic heterocycles. The van der Waals surface area contributed by atoms with Crippen LogP contribution < -0.4 is 10.2 Å². The summed E-state index contributed by atoms with van der Waals surface area (Å²) in [7, 11) is 0. The summed E-state index contributed by atoms with van der Waals surface area (Å²) in [6.45, 7) is 7.72. The third-order valence-electron chi connectivity index (χ3n) is 4.08. The molecule has 3 heterocycles. The highest BCUT2D eigenvalue weighted by atomic mass is 79.9. The highest BCUT2D eigenvalue weighted by Crippen LogP contribution is 2.21. The van der Waals surface area contributed by atoms with Gasteiger partial charge in [0, 0.05) is 23.3 Å². The molecule has 3 rings (SSSR count). The molecule has 1 fully saturated rings. The molecule has 2 aromatic heterocycles. The van der Waals surface area contributed by atoms with Gasteiger partial charge < -0.3 is 10.2 Å². The summed E-state index contributed by atoms with van der Waals surface area (Å²) in [5, 5.41) is 8.07. The molecule has 21 heavy (non-hydrogen) atoms. The Balaban J connectivity index is 1.84. The topological polar surface area (TPSA) is 45.5 Å². The van der Waals surface area contributed by atoms with E-state index in [1.54, 1.807) is 0 Å². The van der Waals surface area contributed by atoms with Gasteiger partial charge in [-0.25, -0.2) is 4.52 Å². The van der Waals surface area contributed by atoms with E-state index in [0.29, 0.717) is 6.04 Å². The van der Waals surface area contributed by atoms with E-state index in [2.05, 4.69) is 50.1 Å². The molecule has 0 saturated carbocycles. The number of anilines is 1. The quantitative estimate of drug-likeness (QED) is 0.919. The number of pyridine rings is 1. The second-order valence-corrected chi connectivity index (χ2v) is 6.92. The minimum absolute atomic E-state index is 0.403. The number of hydrogen-bond acceptors (Lipinski definition) is 4. The Hall–Kier alpha value is -1.14. The Kier molecular flexibility index (Phi) is 4.45. The van der Waals surface area contributed by atoms with Crippen LogP contribution in [0.15, 0.2) is 22.8 Å². The van der Waals surface area contributed by atoms with Gasteiger partial charge in [-0.2, -0.15) is 4.98 Å². The van der Waals surface area contributed by atoms with Gasteiger partial charge in [0.2, 0.25) is 5.95 Å². The number of fused-ring (bicyclic) bond motifs is 1. The van der Waals surface area contributed by atoms with E-state index in [1.165, 1.54) is 12.8 Å². The van der Waals surface area contributed by atoms with Crippen LogP contribution in [-0.4, -0.2) is 40.3 Å². The van der Waals surface area contributed by atoms with Crippen molar-refractivity contribution < 1.29 is 0 Å². The van der Waals surface area contributed by atoms with Crippen LogP contribution in [0.2, 0.25) is 0 Å². The van der Waals surface area contributed by atoms with Gasteiger partial charge in [-0.1, -0.05) is 0 Å². The zero-order valence-corrected chi connectivity index (χ0v) is 14.2. The van der Waals surface area contributed by atoms with E-state index in [9.17, 15) is 0 Å². The molecule has 1 N–H and O–H groups in total. The molecule has 0 unspecified atom stereocenters. The van der Waals surface area contributed by atoms with E-state index in [0.717, 1.165) is 41.6 Å². The third-order valence-corrected chi connectivity index (χ3v) is 4.55. The zero-order chi connectivity index (χ0) is 14.8. The number of nitrogens with one attached hydrogen (secondary N) is 1. The molecule has 114 valence electrons. The van der Waals surface area contributed by atoms with Crippen molar-refractivity contribution in [3.05, 3.63) is 22.8 Å². The van der Waals surface area contributed by atoms with Gasteiger partial charge in [0.1, 0.15) is 0 Å². The molecule has 0 radical (unpaired) electrons. The van der Waals surface area contributed by atoms with E-state index >= 15 is 0 Å². The Morgan fingerprint density at radius 2 is 2.14 bits per heavy atom. The Morgan fingerprint density at radius 3 is 2.86 bits per heavy atom. The van der Waals surface area contributed by atoms with Gasteiger partial charge in [0.25, 0.3) is 0 Å². The molecular weight excluding hydrogens is 330 g/mol. The second-order valence-electron chi connectivity index (χ2n) is 6.00. The smallest absolute Gasteiger partial charge is 0.245 e. The fourth-order valence-corrected chi connectivity index (χ4v) is 3.16. The molecule has 1 aliphatic rings. The molecular formula is C15H22BrN5. The van der Waals surface area contributed by atoms with Crippen molar-refractivity contribution in [3.63, 3.8) is 0 Å². The van der Waals surface area contributed by atoms with Gasteiger partial charge in [0.05, 0.1) is 0 Å². The average Bonchev–Trinajstić information content (AvgIpc) is 2.88. The number of aromatic nitrogens is 3. The lowest BCUT2D eigenvalue weighted by Crippen LogP contribution is -2.40. The number of hydrogen-bond donors (Lipinski definition) is 1. The lowest BCUT2D eigenvalue weighted by Gasteiger charge is -2.32. The SMILES string of the molecule is CC(C)N(CC1CCNCC1)c1nc2ccc(Br)cn2n1. The van der Waals surface area contributed by atoms with Crippen molar-refractivity contribution >= 4 is 27.5 Å². The predicted molar refractivity (Wildman–Crippen MR) is 88.8 cm³/mol. The summed E-state index contributed by atoms with van der Waals surface area (Å²) in [4.78, 5) is 7.01. The zero-order valence-electron chi connectivity index (χ0n) is 12.6. The van der Waals surface area contributed by atoms with Crippen LogP contribution >= 0.6 is 15.9 Å². The van der Waals surface area contributed by atoms with Gasteiger partial charge in [-0.05, 0) is 73.8 Å². The number of halogens is 1. The van der Waals surface area contributed by atoms with Crippen LogP contribution in [0.4, 0.5) is 5.95 Å². The first-order valence-corrected chi connectivity index (χ1v) is 8.42. The molecule has 0 aromatic carbocycles. The fraction of sp³-hybridized carbons (Fsp3) is 0.600. The Labute approximate surface area is 133 Å². The lowest BCUT2D eigenvalue weighted by atomic mass is 9.97. The van der Waals surface area contributed by atoms with Crippen LogP contribution in [0.3, 0.4) is 0 Å². The average molecular weight is 352 g/mol. The molecule has 0 aliphatic carbocycles. The summed E-state index contributed by atoms with van der Waals surface area (Å²) in [6, 6.07) is 4.39. The summed E-state index contributed by atoms with van der Waals surface area (Å²) < 4.78 is 2.86. The number of piperidine rings is 1. The van der Waals surface area contributed by atoms with Gasteiger partial charge in [-0.15, -0.1) is 5.10 Å². The van der Waals surface area contributed by atoms with Crippen LogP contribution in [0, 0.1) is 5.92 Å². The van der Waals surface area contributed by atoms with Crippen molar-refractivity contribution in [1.82, 2.24) is 19.9 Å². The third kappa shape index (κ3) is 3.37. The monoisotopic (exact) mass is 351 g/mol. The maximum absolute atomic E-state index is 4.68. The highest BCUT2D eigenvalue weighted by Gasteiger charge is 2.22. The van der Waals surface area contributed by atoms with Crippen LogP contribution in [-0.2, 0) is 0 Å². The van der Waals surface area contributed by atoms with E-state index in [4.69, 9.17) is 0 Å². The van der Waals surface area contributed by atoms with E-state index in [-0.39, 0.29) is 0 Å². The first kappa shape index (κ1) is 14.8. The maximum Gasteiger partial charge on any atom is 0.245 e. The van der Waals surface area contributed by atoms with Crippen molar-refractivity contribution in [3.8, 4) is 0 Å². The summed E-state index contributed by atoms with van der Waals surface area (Å²) in [5.41, 5.74) is 0.893. The summed E-state index contributed by atoms with van der Waals surface area (Å²) in [6.07, 6.45) is 4.43. The lowest BCUT2D eigenvalue weighted by molar-refractivity contribution is 0.366. The van der Waals surface area contributed by atoms with Crippen LogP contribution in [0.25, 0.3) is 5.65 Å². The Morgan fingerprint density at radius 1 is 1.38 bits per heavy atom. The Bertz CT molecular complexity index is 603. The molecule has 2 aromatic rings. The van der Waals surface area contributed by atoms with Crippen molar-refractivity contribution in [2.75, 3.05) is 24.5 Å². The first-order chi connectivity index (χ1) is 10.1. The molecule has 0 spiro atoms. The van der Waals surface area contributed by atoms with Crippen molar-refractivity contribution in [2.24, 2.45) is 5.92 Å². The normalized spacial score (nSPS) is 16.8. The molecule has 6 heteroatoms. The number of nitrogens with zero attached hydrogens (tertiary/aromatic N) is 4. The minimum atomic E-state index is 0.403. The first-order valence-electron chi connectivity index (χ1n) is 7.63. The predicted octanol–water partition coefficient (Wildman–Crippen LogP) is 2.71. The molecule has 1 saturated heterocycles. The minimum Gasteiger partial charge on any atom is -0.337 e. The molecule has 0 bridgehead atoms. The summed E-state index contributed by atoms with van der Waals surface area (Å²) >= 11 is 3.48. The van der Waals surface area contributed by atoms with E-state index < -0.39 is 0 Å². The van der Waals surface area contributed by atoms with Crippen molar-refractivity contribution in [1.29, 1.82) is 0 Å². The van der Waals surface area contributed by atoms with Crippen LogP contribution in [0.1, 0.15) is 26.7 Å². The van der Waals surface area contributed by atoms with Crippen LogP contribution in [0.5, 0.6) is 0 Å². The highest BCUT2D eigenvalue weighted by molar-refractivity contribution is 9.10. The summed E-state index contributed by atoms with van der Waals surface area (Å²) in [5.74, 6) is 1.56. The van der Waals surface area contributed by atoms with E-state index in [1.807, 2.05) is 22.8 Å². The fourth-order valence-electron chi connectivity index (χ4n) is 2.83. The number of rotatable bonds is 4. The largest absolute Gasteiger partial charge is 0.337 e.